The van der Waals surface area contributed by atoms with Crippen molar-refractivity contribution < 1.29 is 4.74 Å². The fourth-order valence-corrected chi connectivity index (χ4v) is 0.701. The first-order valence-electron chi connectivity index (χ1n) is 3.84. The number of ether oxygens (including phenoxy) is 1. The fourth-order valence-electron chi connectivity index (χ4n) is 0.701. The van der Waals surface area contributed by atoms with E-state index in [4.69, 9.17) is 4.74 Å². The molecular weight excluding hydrogens is 140 g/mol. The molecule has 0 heterocycles. The van der Waals surface area contributed by atoms with Gasteiger partial charge >= 0.3 is 0 Å². The number of hydrogen-bond donors (Lipinski definition) is 1. The van der Waals surface area contributed by atoms with Gasteiger partial charge in [0.15, 0.2) is 0 Å². The molecule has 0 saturated heterocycles. The van der Waals surface area contributed by atoms with Crippen LogP contribution in [0.15, 0.2) is 4.99 Å². The highest BCUT2D eigenvalue weighted by molar-refractivity contribution is 5.82. The van der Waals surface area contributed by atoms with Crippen LogP contribution >= 0.6 is 0 Å². The van der Waals surface area contributed by atoms with Gasteiger partial charge in [-0.25, -0.2) is 0 Å². The topological polar surface area (TPSA) is 33.6 Å². The van der Waals surface area contributed by atoms with E-state index in [0.29, 0.717) is 0 Å². The van der Waals surface area contributed by atoms with Crippen molar-refractivity contribution in [1.29, 1.82) is 0 Å². The lowest BCUT2D eigenvalue weighted by Gasteiger charge is -2.25. The third kappa shape index (κ3) is 3.98. The summed E-state index contributed by atoms with van der Waals surface area (Å²) in [6.07, 6.45) is 0.906. The number of rotatable bonds is 3. The SMILES string of the molecule is CCC(=NC)NC(C)(C)OC. The third-order valence-corrected chi connectivity index (χ3v) is 1.56. The van der Waals surface area contributed by atoms with Crippen LogP contribution in [-0.2, 0) is 4.74 Å². The Hall–Kier alpha value is -0.570. The lowest BCUT2D eigenvalue weighted by Crippen LogP contribution is -2.44. The fraction of sp³-hybridized carbons (Fsp3) is 0.875. The van der Waals surface area contributed by atoms with Crippen molar-refractivity contribution in [3.8, 4) is 0 Å². The summed E-state index contributed by atoms with van der Waals surface area (Å²) in [5.74, 6) is 0.969. The van der Waals surface area contributed by atoms with Gasteiger partial charge in [0.25, 0.3) is 0 Å². The van der Waals surface area contributed by atoms with E-state index >= 15 is 0 Å². The first-order valence-corrected chi connectivity index (χ1v) is 3.84. The molecule has 0 aliphatic heterocycles. The zero-order valence-electron chi connectivity index (χ0n) is 8.06. The van der Waals surface area contributed by atoms with Crippen LogP contribution in [0.25, 0.3) is 0 Å². The number of aliphatic imine (C=N–C) groups is 1. The minimum absolute atomic E-state index is 0.315. The Morgan fingerprint density at radius 1 is 1.55 bits per heavy atom. The molecule has 0 rings (SSSR count). The summed E-state index contributed by atoms with van der Waals surface area (Å²) in [6, 6.07) is 0. The molecule has 11 heavy (non-hydrogen) atoms. The molecule has 0 aromatic heterocycles. The van der Waals surface area contributed by atoms with E-state index in [1.807, 2.05) is 13.8 Å². The van der Waals surface area contributed by atoms with Gasteiger partial charge in [-0.2, -0.15) is 0 Å². The van der Waals surface area contributed by atoms with Crippen molar-refractivity contribution in [2.45, 2.75) is 32.9 Å². The summed E-state index contributed by atoms with van der Waals surface area (Å²) < 4.78 is 5.18. The average Bonchev–Trinajstić information content (AvgIpc) is 2.00. The molecule has 3 nitrogen and oxygen atoms in total. The molecule has 0 unspecified atom stereocenters. The second-order valence-electron chi connectivity index (χ2n) is 2.86. The van der Waals surface area contributed by atoms with Gasteiger partial charge in [0, 0.05) is 20.6 Å². The number of hydrogen-bond acceptors (Lipinski definition) is 2. The zero-order chi connectivity index (χ0) is 8.91. The molecule has 0 aliphatic rings. The molecule has 0 bridgehead atoms. The Labute approximate surface area is 68.9 Å². The molecule has 0 aromatic rings. The Balaban J connectivity index is 4.01. The van der Waals surface area contributed by atoms with Crippen LogP contribution in [0.1, 0.15) is 27.2 Å². The van der Waals surface area contributed by atoms with Crippen LogP contribution in [0, 0.1) is 0 Å². The summed E-state index contributed by atoms with van der Waals surface area (Å²) in [6.45, 7) is 5.99. The minimum atomic E-state index is -0.315. The molecule has 0 atom stereocenters. The molecule has 0 amide bonds. The number of nitrogens with zero attached hydrogens (tertiary/aromatic N) is 1. The van der Waals surface area contributed by atoms with Crippen molar-refractivity contribution in [2.75, 3.05) is 14.2 Å². The highest BCUT2D eigenvalue weighted by Gasteiger charge is 2.15. The molecule has 1 N–H and O–H groups in total. The largest absolute Gasteiger partial charge is 0.360 e. The van der Waals surface area contributed by atoms with E-state index < -0.39 is 0 Å². The van der Waals surface area contributed by atoms with Gasteiger partial charge in [-0.3, -0.25) is 4.99 Å². The molecular formula is C8H18N2O. The van der Waals surface area contributed by atoms with Gasteiger partial charge in [-0.15, -0.1) is 0 Å². The molecule has 0 fully saturated rings. The predicted molar refractivity (Wildman–Crippen MR) is 47.9 cm³/mol. The van der Waals surface area contributed by atoms with Crippen molar-refractivity contribution in [1.82, 2.24) is 5.32 Å². The van der Waals surface area contributed by atoms with Crippen molar-refractivity contribution in [3.05, 3.63) is 0 Å². The van der Waals surface area contributed by atoms with Gasteiger partial charge in [0.2, 0.25) is 0 Å². The summed E-state index contributed by atoms with van der Waals surface area (Å²) in [4.78, 5) is 4.07. The smallest absolute Gasteiger partial charge is 0.133 e. The Kier molecular flexibility index (Phi) is 4.11. The second kappa shape index (κ2) is 4.34. The summed E-state index contributed by atoms with van der Waals surface area (Å²) in [5.41, 5.74) is -0.315. The van der Waals surface area contributed by atoms with Gasteiger partial charge < -0.3 is 10.1 Å². The van der Waals surface area contributed by atoms with Gasteiger partial charge in [0.05, 0.1) is 5.84 Å². The second-order valence-corrected chi connectivity index (χ2v) is 2.86. The maximum absolute atomic E-state index is 5.18. The van der Waals surface area contributed by atoms with Crippen LogP contribution in [-0.4, -0.2) is 25.7 Å². The first-order chi connectivity index (χ1) is 5.05. The maximum atomic E-state index is 5.18. The van der Waals surface area contributed by atoms with E-state index in [1.165, 1.54) is 0 Å². The van der Waals surface area contributed by atoms with E-state index in [1.54, 1.807) is 14.2 Å². The number of methoxy groups -OCH3 is 1. The molecule has 0 aromatic carbocycles. The molecule has 3 heteroatoms. The third-order valence-electron chi connectivity index (χ3n) is 1.56. The Morgan fingerprint density at radius 3 is 2.36 bits per heavy atom. The summed E-state index contributed by atoms with van der Waals surface area (Å²) >= 11 is 0. The monoisotopic (exact) mass is 158 g/mol. The number of amidine groups is 1. The average molecular weight is 158 g/mol. The number of nitrogens with one attached hydrogen (secondary N) is 1. The Bertz CT molecular complexity index is 141. The van der Waals surface area contributed by atoms with Crippen LogP contribution in [0.5, 0.6) is 0 Å². The summed E-state index contributed by atoms with van der Waals surface area (Å²) in [7, 11) is 3.45. The van der Waals surface area contributed by atoms with Gasteiger partial charge in [0.1, 0.15) is 5.72 Å². The van der Waals surface area contributed by atoms with E-state index in [9.17, 15) is 0 Å². The normalized spacial score (nSPS) is 13.4. The lowest BCUT2D eigenvalue weighted by atomic mass is 10.3. The Morgan fingerprint density at radius 2 is 2.09 bits per heavy atom. The van der Waals surface area contributed by atoms with Crippen LogP contribution in [0.3, 0.4) is 0 Å². The maximum Gasteiger partial charge on any atom is 0.133 e. The van der Waals surface area contributed by atoms with E-state index in [2.05, 4.69) is 17.2 Å². The standard InChI is InChI=1S/C8H18N2O/c1-6-7(9-4)10-8(2,3)11-5/h6H2,1-5H3,(H,9,10). The predicted octanol–water partition coefficient (Wildman–Crippen LogP) is 1.40. The van der Waals surface area contributed by atoms with E-state index in [0.717, 1.165) is 12.3 Å². The molecule has 0 saturated carbocycles. The van der Waals surface area contributed by atoms with Crippen LogP contribution in [0.2, 0.25) is 0 Å². The van der Waals surface area contributed by atoms with Crippen molar-refractivity contribution in [2.24, 2.45) is 4.99 Å². The first kappa shape index (κ1) is 10.4. The highest BCUT2D eigenvalue weighted by atomic mass is 16.5. The highest BCUT2D eigenvalue weighted by Crippen LogP contribution is 2.02. The quantitative estimate of drug-likeness (QED) is 0.382. The molecule has 0 spiro atoms. The van der Waals surface area contributed by atoms with Crippen molar-refractivity contribution in [3.63, 3.8) is 0 Å². The lowest BCUT2D eigenvalue weighted by molar-refractivity contribution is 0.00930. The van der Waals surface area contributed by atoms with E-state index in [-0.39, 0.29) is 5.72 Å². The van der Waals surface area contributed by atoms with Crippen LogP contribution < -0.4 is 5.32 Å². The summed E-state index contributed by atoms with van der Waals surface area (Å²) in [5, 5.41) is 3.17. The molecule has 66 valence electrons. The van der Waals surface area contributed by atoms with Crippen LogP contribution in [0.4, 0.5) is 0 Å². The molecule has 0 radical (unpaired) electrons. The molecule has 0 aliphatic carbocycles. The minimum Gasteiger partial charge on any atom is -0.360 e. The van der Waals surface area contributed by atoms with Crippen molar-refractivity contribution >= 4 is 5.84 Å². The van der Waals surface area contributed by atoms with Gasteiger partial charge in [-0.1, -0.05) is 6.92 Å². The zero-order valence-corrected chi connectivity index (χ0v) is 8.06. The van der Waals surface area contributed by atoms with Gasteiger partial charge in [-0.05, 0) is 13.8 Å².